The van der Waals surface area contributed by atoms with Crippen molar-refractivity contribution < 1.29 is 13.3 Å². The van der Waals surface area contributed by atoms with Crippen molar-refractivity contribution in [2.75, 3.05) is 12.9 Å². The lowest BCUT2D eigenvalue weighted by molar-refractivity contribution is 0.334. The first kappa shape index (κ1) is 28.4. The molecule has 2 unspecified atom stereocenters. The second-order valence-corrected chi connectivity index (χ2v) is 8.80. The first-order chi connectivity index (χ1) is 15.8. The number of fused-ring (bicyclic) bond motifs is 1. The maximum Gasteiger partial charge on any atom is 0.123 e. The Morgan fingerprint density at radius 3 is 2.30 bits per heavy atom. The highest BCUT2D eigenvalue weighted by molar-refractivity contribution is 7.84. The van der Waals surface area contributed by atoms with Crippen LogP contribution in [0.15, 0.2) is 53.2 Å². The van der Waals surface area contributed by atoms with Crippen LogP contribution in [0.5, 0.6) is 0 Å². The lowest BCUT2D eigenvalue weighted by Crippen LogP contribution is -2.13. The van der Waals surface area contributed by atoms with E-state index in [1.54, 1.807) is 19.4 Å². The van der Waals surface area contributed by atoms with Gasteiger partial charge in [0.25, 0.3) is 0 Å². The zero-order valence-electron chi connectivity index (χ0n) is 21.1. The molecule has 1 heterocycles. The topological polar surface area (TPSA) is 62.5 Å². The van der Waals surface area contributed by atoms with Gasteiger partial charge in [0.15, 0.2) is 0 Å². The molecule has 1 aliphatic heterocycles. The van der Waals surface area contributed by atoms with Gasteiger partial charge < -0.3 is 4.74 Å². The normalized spacial score (nSPS) is 16.9. The van der Waals surface area contributed by atoms with Crippen LogP contribution in [-0.2, 0) is 21.3 Å². The van der Waals surface area contributed by atoms with E-state index in [-0.39, 0.29) is 11.9 Å². The number of rotatable bonds is 5. The van der Waals surface area contributed by atoms with Crippen LogP contribution in [0.25, 0.3) is 0 Å². The Morgan fingerprint density at radius 1 is 1.09 bits per heavy atom. The SMILES string of the molecule is CC.CC.CCS(=O)Cc1ccc2c(c1)C(=N)/C(=C\OC)C(C)N=C2c1ccc(F)cc1C. The number of hydrogen-bond acceptors (Lipinski definition) is 4. The van der Waals surface area contributed by atoms with Crippen molar-refractivity contribution in [1.29, 1.82) is 5.41 Å². The van der Waals surface area contributed by atoms with Gasteiger partial charge in [0.1, 0.15) is 5.82 Å². The number of benzene rings is 2. The third kappa shape index (κ3) is 6.94. The summed E-state index contributed by atoms with van der Waals surface area (Å²) in [5.41, 5.74) is 5.76. The summed E-state index contributed by atoms with van der Waals surface area (Å²) in [7, 11) is 0.604. The third-order valence-electron chi connectivity index (χ3n) is 5.01. The fourth-order valence-electron chi connectivity index (χ4n) is 3.47. The Balaban J connectivity index is 0.00000129. The van der Waals surface area contributed by atoms with Gasteiger partial charge in [-0.2, -0.15) is 0 Å². The van der Waals surface area contributed by atoms with Crippen molar-refractivity contribution in [3.63, 3.8) is 0 Å². The number of methoxy groups -OCH3 is 1. The molecule has 0 amide bonds. The van der Waals surface area contributed by atoms with Gasteiger partial charge in [0.2, 0.25) is 0 Å². The molecule has 180 valence electrons. The summed E-state index contributed by atoms with van der Waals surface area (Å²) in [4.78, 5) is 4.88. The van der Waals surface area contributed by atoms with Crippen LogP contribution in [0.3, 0.4) is 0 Å². The number of hydrogen-bond donors (Lipinski definition) is 1. The molecule has 2 aromatic carbocycles. The molecule has 0 fully saturated rings. The minimum absolute atomic E-state index is 0.293. The summed E-state index contributed by atoms with van der Waals surface area (Å²) in [5, 5.41) is 8.81. The number of aryl methyl sites for hydroxylation is 1. The van der Waals surface area contributed by atoms with Crippen LogP contribution in [-0.4, -0.2) is 34.5 Å². The molecule has 0 bridgehead atoms. The molecule has 1 N–H and O–H groups in total. The zero-order valence-corrected chi connectivity index (χ0v) is 21.9. The first-order valence-corrected chi connectivity index (χ1v) is 13.0. The number of nitrogens with zero attached hydrogens (tertiary/aromatic N) is 1. The van der Waals surface area contributed by atoms with E-state index in [0.717, 1.165) is 28.0 Å². The van der Waals surface area contributed by atoms with E-state index < -0.39 is 10.8 Å². The molecule has 1 aliphatic rings. The quantitative estimate of drug-likeness (QED) is 0.499. The zero-order chi connectivity index (χ0) is 25.1. The average Bonchev–Trinajstić information content (AvgIpc) is 2.92. The highest BCUT2D eigenvalue weighted by Gasteiger charge is 2.26. The average molecular weight is 473 g/mol. The number of ether oxygens (including phenoxy) is 1. The van der Waals surface area contributed by atoms with Crippen molar-refractivity contribution in [2.24, 2.45) is 4.99 Å². The number of aliphatic imine (C=N–C) groups is 1. The van der Waals surface area contributed by atoms with Gasteiger partial charge in [-0.3, -0.25) is 14.6 Å². The molecular weight excluding hydrogens is 435 g/mol. The fourth-order valence-corrected chi connectivity index (χ4v) is 4.23. The van der Waals surface area contributed by atoms with Crippen LogP contribution in [0.4, 0.5) is 4.39 Å². The number of nitrogens with one attached hydrogen (secondary N) is 1. The highest BCUT2D eigenvalue weighted by Crippen LogP contribution is 2.28. The van der Waals surface area contributed by atoms with E-state index in [1.165, 1.54) is 12.1 Å². The Kier molecular flexibility index (Phi) is 11.9. The van der Waals surface area contributed by atoms with Crippen molar-refractivity contribution >= 4 is 22.2 Å². The predicted molar refractivity (Wildman–Crippen MR) is 140 cm³/mol. The molecule has 0 aromatic heterocycles. The Hall–Kier alpha value is -2.60. The van der Waals surface area contributed by atoms with E-state index >= 15 is 0 Å². The lowest BCUT2D eigenvalue weighted by atomic mass is 9.90. The Bertz CT molecular complexity index is 1040. The summed E-state index contributed by atoms with van der Waals surface area (Å²) in [6, 6.07) is 10.1. The summed E-state index contributed by atoms with van der Waals surface area (Å²) < 4.78 is 30.9. The molecule has 2 atom stereocenters. The molecule has 33 heavy (non-hydrogen) atoms. The van der Waals surface area contributed by atoms with Crippen LogP contribution >= 0.6 is 0 Å². The van der Waals surface area contributed by atoms with E-state index in [4.69, 9.17) is 15.1 Å². The van der Waals surface area contributed by atoms with Crippen molar-refractivity contribution in [3.05, 3.63) is 81.9 Å². The second-order valence-electron chi connectivity index (χ2n) is 7.05. The van der Waals surface area contributed by atoms with Crippen molar-refractivity contribution in [1.82, 2.24) is 0 Å². The molecule has 2 aromatic rings. The van der Waals surface area contributed by atoms with Gasteiger partial charge in [-0.1, -0.05) is 46.8 Å². The lowest BCUT2D eigenvalue weighted by Gasteiger charge is -2.14. The largest absolute Gasteiger partial charge is 0.504 e. The summed E-state index contributed by atoms with van der Waals surface area (Å²) in [5.74, 6) is 0.735. The van der Waals surface area contributed by atoms with E-state index in [0.29, 0.717) is 28.4 Å². The minimum atomic E-state index is -0.946. The first-order valence-electron chi connectivity index (χ1n) is 11.5. The van der Waals surface area contributed by atoms with Crippen LogP contribution in [0.2, 0.25) is 0 Å². The highest BCUT2D eigenvalue weighted by atomic mass is 32.2. The van der Waals surface area contributed by atoms with Gasteiger partial charge in [0.05, 0.1) is 30.8 Å². The van der Waals surface area contributed by atoms with Gasteiger partial charge in [0, 0.05) is 44.6 Å². The minimum Gasteiger partial charge on any atom is -0.504 e. The smallest absolute Gasteiger partial charge is 0.123 e. The summed E-state index contributed by atoms with van der Waals surface area (Å²) >= 11 is 0. The monoisotopic (exact) mass is 472 g/mol. The van der Waals surface area contributed by atoms with Crippen molar-refractivity contribution in [3.8, 4) is 0 Å². The van der Waals surface area contributed by atoms with Gasteiger partial charge in [-0.25, -0.2) is 4.39 Å². The molecule has 6 heteroatoms. The molecule has 0 radical (unpaired) electrons. The fraction of sp³-hybridized carbons (Fsp3) is 0.407. The molecule has 0 aliphatic carbocycles. The van der Waals surface area contributed by atoms with Crippen LogP contribution in [0, 0.1) is 18.2 Å². The maximum atomic E-state index is 13.7. The Labute approximate surface area is 201 Å². The standard InChI is InChI=1S/C23H25FN2O2S.2C2H6/c1-5-29(27)13-16-6-8-19-20(11-16)22(25)21(12-28-4)15(3)26-23(19)18-9-7-17(24)10-14(18)2;2*1-2/h6-12,15,25H,5,13H2,1-4H3;2*1-2H3/b21-12-,25-22?;;. The van der Waals surface area contributed by atoms with Gasteiger partial charge >= 0.3 is 0 Å². The predicted octanol–water partition coefficient (Wildman–Crippen LogP) is 6.59. The second kappa shape index (κ2) is 13.8. The number of halogens is 1. The van der Waals surface area contributed by atoms with E-state index in [9.17, 15) is 8.60 Å². The van der Waals surface area contributed by atoms with Gasteiger partial charge in [-0.05, 0) is 49.2 Å². The maximum absolute atomic E-state index is 13.7. The molecular formula is C27H37FN2O2S. The Morgan fingerprint density at radius 2 is 1.73 bits per heavy atom. The van der Waals surface area contributed by atoms with Crippen LogP contribution < -0.4 is 0 Å². The molecule has 0 saturated heterocycles. The molecule has 0 spiro atoms. The van der Waals surface area contributed by atoms with E-state index in [1.807, 2.05) is 66.7 Å². The molecule has 3 rings (SSSR count). The molecule has 0 saturated carbocycles. The van der Waals surface area contributed by atoms with E-state index in [2.05, 4.69) is 0 Å². The summed E-state index contributed by atoms with van der Waals surface area (Å²) in [6.07, 6.45) is 1.55. The van der Waals surface area contributed by atoms with Crippen LogP contribution in [0.1, 0.15) is 69.4 Å². The van der Waals surface area contributed by atoms with Gasteiger partial charge in [-0.15, -0.1) is 0 Å². The third-order valence-corrected chi connectivity index (χ3v) is 6.31. The molecule has 4 nitrogen and oxygen atoms in total. The van der Waals surface area contributed by atoms with Crippen molar-refractivity contribution in [2.45, 2.75) is 60.3 Å². The summed E-state index contributed by atoms with van der Waals surface area (Å²) in [6.45, 7) is 13.7.